The molecule has 222 valence electrons. The van der Waals surface area contributed by atoms with Gasteiger partial charge in [0.15, 0.2) is 0 Å². The lowest BCUT2D eigenvalue weighted by Crippen LogP contribution is -2.56. The van der Waals surface area contributed by atoms with Crippen LogP contribution in [0.5, 0.6) is 0 Å². The lowest BCUT2D eigenvalue weighted by Gasteiger charge is -2.27. The highest BCUT2D eigenvalue weighted by Crippen LogP contribution is 2.44. The zero-order valence-corrected chi connectivity index (χ0v) is 24.6. The molecule has 2 amide bonds. The van der Waals surface area contributed by atoms with E-state index in [2.05, 4.69) is 22.8 Å². The summed E-state index contributed by atoms with van der Waals surface area (Å²) in [5, 5.41) is 15.0. The van der Waals surface area contributed by atoms with Crippen molar-refractivity contribution in [1.29, 1.82) is 0 Å². The van der Waals surface area contributed by atoms with Crippen LogP contribution in [0, 0.1) is 5.41 Å². The molecule has 0 fully saturated rings. The molecule has 8 nitrogen and oxygen atoms in total. The molecule has 0 aliphatic heterocycles. The summed E-state index contributed by atoms with van der Waals surface area (Å²) in [5.41, 5.74) is 5.16. The van der Waals surface area contributed by atoms with E-state index in [4.69, 9.17) is 9.47 Å². The van der Waals surface area contributed by atoms with Crippen LogP contribution in [0.2, 0.25) is 0 Å². The number of carbonyl (C=O) groups excluding carboxylic acids is 2. The Balaban J connectivity index is 1.46. The van der Waals surface area contributed by atoms with Gasteiger partial charge in [-0.25, -0.2) is 9.59 Å². The lowest BCUT2D eigenvalue weighted by atomic mass is 9.88. The molecule has 0 heterocycles. The van der Waals surface area contributed by atoms with E-state index in [0.717, 1.165) is 27.8 Å². The van der Waals surface area contributed by atoms with Gasteiger partial charge < -0.3 is 25.2 Å². The van der Waals surface area contributed by atoms with Crippen molar-refractivity contribution in [3.63, 3.8) is 0 Å². The second-order valence-corrected chi connectivity index (χ2v) is 11.9. The van der Waals surface area contributed by atoms with Crippen molar-refractivity contribution in [2.24, 2.45) is 5.41 Å². The fourth-order valence-electron chi connectivity index (χ4n) is 5.16. The van der Waals surface area contributed by atoms with E-state index in [0.29, 0.717) is 6.42 Å². The molecule has 1 aliphatic rings. The average Bonchev–Trinajstić information content (AvgIpc) is 3.29. The monoisotopic (exact) mass is 572 g/mol. The van der Waals surface area contributed by atoms with Crippen molar-refractivity contribution in [2.75, 3.05) is 6.61 Å². The highest BCUT2D eigenvalue weighted by Gasteiger charge is 2.33. The summed E-state index contributed by atoms with van der Waals surface area (Å²) in [7, 11) is 0. The molecule has 3 aromatic carbocycles. The van der Waals surface area contributed by atoms with E-state index in [1.165, 1.54) is 0 Å². The number of alkyl carbamates (subject to hydrolysis) is 1. The fraction of sp³-hybridized carbons (Fsp3) is 0.382. The number of aliphatic carboxylic acids is 1. The van der Waals surface area contributed by atoms with E-state index >= 15 is 0 Å². The third-order valence-electron chi connectivity index (χ3n) is 7.52. The van der Waals surface area contributed by atoms with Crippen LogP contribution in [-0.2, 0) is 25.7 Å². The van der Waals surface area contributed by atoms with Crippen LogP contribution in [0.3, 0.4) is 0 Å². The van der Waals surface area contributed by atoms with E-state index in [-0.39, 0.29) is 31.0 Å². The number of amides is 2. The van der Waals surface area contributed by atoms with Gasteiger partial charge in [-0.3, -0.25) is 4.79 Å². The molecular formula is C34H40N2O6. The first-order valence-electron chi connectivity index (χ1n) is 14.3. The maximum absolute atomic E-state index is 13.4. The van der Waals surface area contributed by atoms with E-state index < -0.39 is 36.2 Å². The second-order valence-electron chi connectivity index (χ2n) is 11.9. The van der Waals surface area contributed by atoms with Gasteiger partial charge in [-0.2, -0.15) is 0 Å². The minimum atomic E-state index is -1.18. The van der Waals surface area contributed by atoms with Gasteiger partial charge in [-0.05, 0) is 53.0 Å². The fourth-order valence-corrected chi connectivity index (χ4v) is 5.16. The van der Waals surface area contributed by atoms with Crippen molar-refractivity contribution in [3.05, 3.63) is 95.6 Å². The highest BCUT2D eigenvalue weighted by atomic mass is 16.5. The molecule has 3 N–H and O–H groups in total. The van der Waals surface area contributed by atoms with Gasteiger partial charge in [0.2, 0.25) is 5.91 Å². The van der Waals surface area contributed by atoms with Crippen LogP contribution < -0.4 is 10.6 Å². The first kappa shape index (κ1) is 30.8. The number of hydrogen-bond donors (Lipinski definition) is 3. The van der Waals surface area contributed by atoms with Crippen molar-refractivity contribution in [1.82, 2.24) is 10.6 Å². The Morgan fingerprint density at radius 2 is 1.43 bits per heavy atom. The number of carboxylic acid groups (broad SMARTS) is 1. The van der Waals surface area contributed by atoms with Gasteiger partial charge in [0.05, 0.1) is 12.7 Å². The van der Waals surface area contributed by atoms with Gasteiger partial charge in [0.25, 0.3) is 0 Å². The quantitative estimate of drug-likeness (QED) is 0.249. The Labute approximate surface area is 247 Å². The van der Waals surface area contributed by atoms with Crippen LogP contribution in [0.1, 0.15) is 63.1 Å². The minimum absolute atomic E-state index is 0.0801. The van der Waals surface area contributed by atoms with Gasteiger partial charge >= 0.3 is 12.1 Å². The van der Waals surface area contributed by atoms with Gasteiger partial charge in [0, 0.05) is 5.92 Å². The first-order chi connectivity index (χ1) is 20.0. The molecule has 0 saturated carbocycles. The average molecular weight is 573 g/mol. The van der Waals surface area contributed by atoms with E-state index in [1.54, 1.807) is 6.92 Å². The Kier molecular flexibility index (Phi) is 10.0. The number of rotatable bonds is 12. The summed E-state index contributed by atoms with van der Waals surface area (Å²) in [6.45, 7) is 7.99. The third kappa shape index (κ3) is 7.97. The predicted octanol–water partition coefficient (Wildman–Crippen LogP) is 5.89. The molecule has 0 aromatic heterocycles. The van der Waals surface area contributed by atoms with E-state index in [9.17, 15) is 19.5 Å². The molecule has 3 atom stereocenters. The Morgan fingerprint density at radius 1 is 0.857 bits per heavy atom. The molecular weight excluding hydrogens is 532 g/mol. The topological polar surface area (TPSA) is 114 Å². The van der Waals surface area contributed by atoms with Crippen molar-refractivity contribution in [3.8, 4) is 11.1 Å². The number of benzene rings is 3. The van der Waals surface area contributed by atoms with Crippen LogP contribution in [-0.4, -0.2) is 47.9 Å². The van der Waals surface area contributed by atoms with E-state index in [1.807, 2.05) is 87.5 Å². The summed E-state index contributed by atoms with van der Waals surface area (Å²) >= 11 is 0. The molecule has 42 heavy (non-hydrogen) atoms. The molecule has 0 bridgehead atoms. The zero-order valence-electron chi connectivity index (χ0n) is 24.6. The standard InChI is InChI=1S/C34H40N2O6/c1-22(41-20-23-12-6-5-7-13-23)30(31(37)35-29(32(38)39)18-19-34(2,3)4)36-33(40)42-21-28-26-16-10-8-14-24(26)25-15-9-11-17-27(25)28/h5-17,22,28-30H,18-21H2,1-4H3,(H,35,37)(H,36,40)(H,38,39). The number of carboxylic acids is 1. The van der Waals surface area contributed by atoms with Gasteiger partial charge in [-0.15, -0.1) is 0 Å². The minimum Gasteiger partial charge on any atom is -0.480 e. The number of fused-ring (bicyclic) bond motifs is 3. The van der Waals surface area contributed by atoms with Crippen LogP contribution >= 0.6 is 0 Å². The smallest absolute Gasteiger partial charge is 0.407 e. The van der Waals surface area contributed by atoms with Crippen LogP contribution in [0.15, 0.2) is 78.9 Å². The van der Waals surface area contributed by atoms with Gasteiger partial charge in [0.1, 0.15) is 18.7 Å². The second kappa shape index (κ2) is 13.7. The molecule has 8 heteroatoms. The predicted molar refractivity (Wildman–Crippen MR) is 161 cm³/mol. The summed E-state index contributed by atoms with van der Waals surface area (Å²) in [6, 6.07) is 23.2. The molecule has 0 radical (unpaired) electrons. The zero-order chi connectivity index (χ0) is 30.3. The largest absolute Gasteiger partial charge is 0.480 e. The number of carbonyl (C=O) groups is 3. The molecule has 1 aliphatic carbocycles. The summed E-state index contributed by atoms with van der Waals surface area (Å²) < 4.78 is 11.6. The Hall–Kier alpha value is -4.17. The SMILES string of the molecule is CC(OCc1ccccc1)C(NC(=O)OCC1c2ccccc2-c2ccccc21)C(=O)NC(CCC(C)(C)C)C(=O)O. The maximum Gasteiger partial charge on any atom is 0.407 e. The van der Waals surface area contributed by atoms with Crippen molar-refractivity contribution < 1.29 is 29.0 Å². The highest BCUT2D eigenvalue weighted by molar-refractivity contribution is 5.89. The maximum atomic E-state index is 13.4. The van der Waals surface area contributed by atoms with Crippen molar-refractivity contribution in [2.45, 2.75) is 71.2 Å². The third-order valence-corrected chi connectivity index (χ3v) is 7.52. The number of hydrogen-bond acceptors (Lipinski definition) is 5. The first-order valence-corrected chi connectivity index (χ1v) is 14.3. The van der Waals surface area contributed by atoms with Crippen molar-refractivity contribution >= 4 is 18.0 Å². The summed E-state index contributed by atoms with van der Waals surface area (Å²) in [6.07, 6.45) is -0.715. The Bertz CT molecular complexity index is 1340. The lowest BCUT2D eigenvalue weighted by molar-refractivity contribution is -0.143. The number of ether oxygens (including phenoxy) is 2. The molecule has 0 saturated heterocycles. The molecule has 4 rings (SSSR count). The number of nitrogens with one attached hydrogen (secondary N) is 2. The molecule has 3 aromatic rings. The van der Waals surface area contributed by atoms with Crippen LogP contribution in [0.4, 0.5) is 4.79 Å². The molecule has 0 spiro atoms. The van der Waals surface area contributed by atoms with Gasteiger partial charge in [-0.1, -0.05) is 99.6 Å². The summed E-state index contributed by atoms with van der Waals surface area (Å²) in [5.74, 6) is -1.92. The Morgan fingerprint density at radius 3 is 2.00 bits per heavy atom. The summed E-state index contributed by atoms with van der Waals surface area (Å²) in [4.78, 5) is 38.5. The normalized spacial score (nSPS) is 14.7. The van der Waals surface area contributed by atoms with Crippen LogP contribution in [0.25, 0.3) is 11.1 Å². The molecule has 3 unspecified atom stereocenters.